The number of aliphatic hydroxyl groups excluding tert-OH is 1. The molecule has 1 fully saturated rings. The van der Waals surface area contributed by atoms with E-state index in [-0.39, 0.29) is 30.4 Å². The van der Waals surface area contributed by atoms with Crippen LogP contribution < -0.4 is 11.0 Å². The van der Waals surface area contributed by atoms with Crippen molar-refractivity contribution in [2.24, 2.45) is 5.92 Å². The van der Waals surface area contributed by atoms with Crippen LogP contribution in [0.5, 0.6) is 0 Å². The molecule has 0 unspecified atom stereocenters. The third-order valence-corrected chi connectivity index (χ3v) is 7.27. The highest BCUT2D eigenvalue weighted by molar-refractivity contribution is 6.03. The van der Waals surface area contributed by atoms with E-state index in [1.807, 2.05) is 66.7 Å². The van der Waals surface area contributed by atoms with Gasteiger partial charge in [-0.15, -0.1) is 0 Å². The fourth-order valence-electron chi connectivity index (χ4n) is 5.10. The summed E-state index contributed by atoms with van der Waals surface area (Å²) in [6, 6.07) is 27.9. The summed E-state index contributed by atoms with van der Waals surface area (Å²) in [5.74, 6) is -0.497. The third-order valence-electron chi connectivity index (χ3n) is 7.27. The van der Waals surface area contributed by atoms with Crippen molar-refractivity contribution in [3.63, 3.8) is 0 Å². The van der Waals surface area contributed by atoms with Gasteiger partial charge in [0.15, 0.2) is 0 Å². The Hall–Kier alpha value is -4.11. The number of amides is 1. The second-order valence-electron chi connectivity index (χ2n) is 10.1. The molecule has 8 nitrogen and oxygen atoms in total. The van der Waals surface area contributed by atoms with Crippen LogP contribution >= 0.6 is 0 Å². The zero-order valence-electron chi connectivity index (χ0n) is 22.4. The van der Waals surface area contributed by atoms with E-state index in [0.29, 0.717) is 30.8 Å². The summed E-state index contributed by atoms with van der Waals surface area (Å²) in [6.07, 6.45) is 0.843. The molecule has 3 aromatic carbocycles. The highest BCUT2D eigenvalue weighted by Gasteiger charge is 2.44. The van der Waals surface area contributed by atoms with E-state index >= 15 is 0 Å². The Morgan fingerprint density at radius 3 is 2.20 bits per heavy atom. The predicted octanol–water partition coefficient (Wildman–Crippen LogP) is 4.53. The first-order valence-electron chi connectivity index (χ1n) is 13.4. The molecule has 1 aliphatic rings. The zero-order valence-corrected chi connectivity index (χ0v) is 22.4. The Bertz CT molecular complexity index is 1460. The third kappa shape index (κ3) is 6.54. The van der Waals surface area contributed by atoms with Gasteiger partial charge in [-0.05, 0) is 36.6 Å². The molecule has 0 spiro atoms. The average molecular weight is 540 g/mol. The number of carbonyl (C=O) groups excluding carboxylic acids is 1. The van der Waals surface area contributed by atoms with E-state index in [2.05, 4.69) is 10.3 Å². The smallest absolute Gasteiger partial charge is 0.349 e. The Labute approximate surface area is 233 Å². The molecule has 1 amide bonds. The van der Waals surface area contributed by atoms with Crippen LogP contribution in [0.15, 0.2) is 102 Å². The summed E-state index contributed by atoms with van der Waals surface area (Å²) in [6.45, 7) is 2.85. The van der Waals surface area contributed by atoms with Crippen molar-refractivity contribution in [2.75, 3.05) is 11.9 Å². The largest absolute Gasteiger partial charge is 0.390 e. The molecule has 8 heteroatoms. The van der Waals surface area contributed by atoms with Crippen molar-refractivity contribution < 1.29 is 19.4 Å². The molecular weight excluding hydrogens is 506 g/mol. The molecule has 2 N–H and O–H groups in total. The van der Waals surface area contributed by atoms with E-state index < -0.39 is 17.8 Å². The number of carbonyl (C=O) groups is 1. The SMILES string of the molecule is Cc1cn([C@H]2C[C@H](OCc3ccccc3)[C@@H](COCc3ccccc3)[C@@H]2O)c(=O)nc1NC(=O)c1ccccc1. The standard InChI is InChI=1S/C32H33N3O5/c1-22-18-35(32(38)34-30(22)33-31(37)25-15-9-4-10-16-25)27-17-28(40-20-24-13-7-3-8-14-24)26(29(27)36)21-39-19-23-11-5-2-6-12-23/h2-16,18,26-29,36H,17,19-21H2,1H3,(H,33,34,37,38)/t26-,27+,28+,29+/m1/s1. The van der Waals surface area contributed by atoms with E-state index in [1.165, 1.54) is 4.57 Å². The van der Waals surface area contributed by atoms with Crippen molar-refractivity contribution >= 4 is 11.7 Å². The van der Waals surface area contributed by atoms with Gasteiger partial charge in [0, 0.05) is 23.2 Å². The van der Waals surface area contributed by atoms with Gasteiger partial charge in [0.1, 0.15) is 5.82 Å². The quantitative estimate of drug-likeness (QED) is 0.307. The summed E-state index contributed by atoms with van der Waals surface area (Å²) in [5.41, 5.74) is 2.60. The van der Waals surface area contributed by atoms with E-state index in [0.717, 1.165) is 11.1 Å². The van der Waals surface area contributed by atoms with Gasteiger partial charge in [0.05, 0.1) is 38.1 Å². The van der Waals surface area contributed by atoms with Gasteiger partial charge in [-0.1, -0.05) is 78.9 Å². The van der Waals surface area contributed by atoms with E-state index in [9.17, 15) is 14.7 Å². The Morgan fingerprint density at radius 2 is 1.55 bits per heavy atom. The lowest BCUT2D eigenvalue weighted by Gasteiger charge is -2.23. The first-order valence-corrected chi connectivity index (χ1v) is 13.4. The fourth-order valence-corrected chi connectivity index (χ4v) is 5.10. The highest BCUT2D eigenvalue weighted by atomic mass is 16.5. The summed E-state index contributed by atoms with van der Waals surface area (Å²) in [5, 5.41) is 14.2. The number of anilines is 1. The molecule has 0 saturated heterocycles. The summed E-state index contributed by atoms with van der Waals surface area (Å²) >= 11 is 0. The number of rotatable bonds is 10. The topological polar surface area (TPSA) is 103 Å². The van der Waals surface area contributed by atoms with Gasteiger partial charge in [-0.3, -0.25) is 9.36 Å². The molecule has 40 heavy (non-hydrogen) atoms. The summed E-state index contributed by atoms with van der Waals surface area (Å²) in [4.78, 5) is 29.9. The van der Waals surface area contributed by atoms with E-state index in [4.69, 9.17) is 9.47 Å². The molecular formula is C32H33N3O5. The van der Waals surface area contributed by atoms with Crippen LogP contribution in [0.3, 0.4) is 0 Å². The molecule has 1 heterocycles. The number of nitrogens with one attached hydrogen (secondary N) is 1. The number of ether oxygens (including phenoxy) is 2. The molecule has 1 saturated carbocycles. The first kappa shape index (κ1) is 27.5. The zero-order chi connectivity index (χ0) is 27.9. The molecule has 206 valence electrons. The average Bonchev–Trinajstić information content (AvgIpc) is 3.29. The van der Waals surface area contributed by atoms with Crippen LogP contribution in [0.25, 0.3) is 0 Å². The van der Waals surface area contributed by atoms with Crippen LogP contribution in [0.4, 0.5) is 5.82 Å². The number of benzene rings is 3. The molecule has 4 aromatic rings. The number of aryl methyl sites for hydroxylation is 1. The summed E-state index contributed by atoms with van der Waals surface area (Å²) < 4.78 is 13.8. The van der Waals surface area contributed by atoms with Gasteiger partial charge >= 0.3 is 5.69 Å². The maximum absolute atomic E-state index is 13.2. The number of aliphatic hydroxyl groups is 1. The van der Waals surface area contributed by atoms with Crippen LogP contribution in [0.2, 0.25) is 0 Å². The Kier molecular flexibility index (Phi) is 8.81. The molecule has 1 aromatic heterocycles. The van der Waals surface area contributed by atoms with Crippen LogP contribution in [-0.2, 0) is 22.7 Å². The lowest BCUT2D eigenvalue weighted by molar-refractivity contribution is -0.0476. The minimum atomic E-state index is -0.889. The van der Waals surface area contributed by atoms with Crippen LogP contribution in [0.1, 0.15) is 39.5 Å². The molecule has 1 aliphatic carbocycles. The van der Waals surface area contributed by atoms with Gasteiger partial charge in [-0.2, -0.15) is 4.98 Å². The molecule has 4 atom stereocenters. The highest BCUT2D eigenvalue weighted by Crippen LogP contribution is 2.37. The second-order valence-corrected chi connectivity index (χ2v) is 10.1. The number of hydrogen-bond donors (Lipinski definition) is 2. The molecule has 5 rings (SSSR count). The molecule has 0 bridgehead atoms. The van der Waals surface area contributed by atoms with Crippen molar-refractivity contribution in [1.29, 1.82) is 0 Å². The molecule has 0 aliphatic heterocycles. The van der Waals surface area contributed by atoms with Crippen molar-refractivity contribution in [1.82, 2.24) is 9.55 Å². The normalized spacial score (nSPS) is 20.4. The minimum absolute atomic E-state index is 0.196. The van der Waals surface area contributed by atoms with Gasteiger partial charge < -0.3 is 19.9 Å². The van der Waals surface area contributed by atoms with Crippen molar-refractivity contribution in [2.45, 2.75) is 44.8 Å². The predicted molar refractivity (Wildman–Crippen MR) is 152 cm³/mol. The monoisotopic (exact) mass is 539 g/mol. The number of nitrogens with zero attached hydrogens (tertiary/aromatic N) is 2. The summed E-state index contributed by atoms with van der Waals surface area (Å²) in [7, 11) is 0. The second kappa shape index (κ2) is 12.8. The minimum Gasteiger partial charge on any atom is -0.390 e. The number of aromatic nitrogens is 2. The maximum atomic E-state index is 13.2. The van der Waals surface area contributed by atoms with Crippen LogP contribution in [-0.4, -0.2) is 39.4 Å². The fraction of sp³-hybridized carbons (Fsp3) is 0.281. The maximum Gasteiger partial charge on any atom is 0.349 e. The van der Waals surface area contributed by atoms with Gasteiger partial charge in [0.2, 0.25) is 0 Å². The first-order chi connectivity index (χ1) is 19.5. The molecule has 0 radical (unpaired) electrons. The Balaban J connectivity index is 1.33. The van der Waals surface area contributed by atoms with Crippen LogP contribution in [0, 0.1) is 12.8 Å². The Morgan fingerprint density at radius 1 is 0.950 bits per heavy atom. The lowest BCUT2D eigenvalue weighted by Crippen LogP contribution is -2.35. The van der Waals surface area contributed by atoms with Crippen molar-refractivity contribution in [3.05, 3.63) is 130 Å². The lowest BCUT2D eigenvalue weighted by atomic mass is 10.0. The van der Waals surface area contributed by atoms with Gasteiger partial charge in [0.25, 0.3) is 5.91 Å². The van der Waals surface area contributed by atoms with Crippen molar-refractivity contribution in [3.8, 4) is 0 Å². The number of hydrogen-bond acceptors (Lipinski definition) is 6. The van der Waals surface area contributed by atoms with E-state index in [1.54, 1.807) is 37.4 Å². The van der Waals surface area contributed by atoms with Gasteiger partial charge in [-0.25, -0.2) is 4.79 Å².